The summed E-state index contributed by atoms with van der Waals surface area (Å²) in [7, 11) is 0. The highest BCUT2D eigenvalue weighted by Crippen LogP contribution is 2.22. The first-order valence-electron chi connectivity index (χ1n) is 8.67. The van der Waals surface area contributed by atoms with Gasteiger partial charge in [-0.05, 0) is 36.4 Å². The largest absolute Gasteiger partial charge is 0.326 e. The van der Waals surface area contributed by atoms with Gasteiger partial charge in [0.1, 0.15) is 5.69 Å². The molecule has 0 fully saturated rings. The molecule has 4 aromatic rings. The van der Waals surface area contributed by atoms with Crippen LogP contribution in [0.2, 0.25) is 0 Å². The van der Waals surface area contributed by atoms with Gasteiger partial charge in [-0.1, -0.05) is 32.0 Å². The lowest BCUT2D eigenvalue weighted by Crippen LogP contribution is -2.17. The number of rotatable bonds is 4. The lowest BCUT2D eigenvalue weighted by molar-refractivity contribution is -0.118. The first-order chi connectivity index (χ1) is 13.1. The summed E-state index contributed by atoms with van der Waals surface area (Å²) in [6.07, 6.45) is 1.71. The van der Waals surface area contributed by atoms with Crippen molar-refractivity contribution in [1.29, 1.82) is 0 Å². The van der Waals surface area contributed by atoms with Gasteiger partial charge in [-0.25, -0.2) is 0 Å². The molecule has 1 N–H and O–H groups in total. The summed E-state index contributed by atoms with van der Waals surface area (Å²) in [5.41, 5.74) is 3.83. The quantitative estimate of drug-likeness (QED) is 0.604. The molecule has 1 aromatic carbocycles. The zero-order valence-corrected chi connectivity index (χ0v) is 15.0. The molecule has 3 heterocycles. The molecular weight excluding hydrogens is 340 g/mol. The van der Waals surface area contributed by atoms with Crippen LogP contribution in [0.1, 0.15) is 13.8 Å². The summed E-state index contributed by atoms with van der Waals surface area (Å²) in [5.74, 6) is 0.521. The highest BCUT2D eigenvalue weighted by atomic mass is 16.1. The first-order valence-corrected chi connectivity index (χ1v) is 8.67. The van der Waals surface area contributed by atoms with E-state index in [-0.39, 0.29) is 11.8 Å². The summed E-state index contributed by atoms with van der Waals surface area (Å²) in [4.78, 5) is 16.1. The maximum absolute atomic E-state index is 11.8. The molecule has 4 rings (SSSR count). The Bertz CT molecular complexity index is 1090. The topological polar surface area (TPSA) is 85.1 Å². The number of benzene rings is 1. The SMILES string of the molecule is CC(C)C(=O)Nc1ccc(-c2ccc3nnc(-c4ccccn4)n3n2)cc1. The molecule has 0 unspecified atom stereocenters. The molecule has 7 nitrogen and oxygen atoms in total. The second kappa shape index (κ2) is 6.95. The average Bonchev–Trinajstić information content (AvgIpc) is 3.12. The van der Waals surface area contributed by atoms with Gasteiger partial charge < -0.3 is 5.32 Å². The van der Waals surface area contributed by atoms with Crippen molar-refractivity contribution in [3.05, 3.63) is 60.8 Å². The maximum Gasteiger partial charge on any atom is 0.226 e. The van der Waals surface area contributed by atoms with Crippen molar-refractivity contribution in [3.63, 3.8) is 0 Å². The molecular formula is C20H18N6O. The predicted octanol–water partition coefficient (Wildman–Crippen LogP) is 3.45. The zero-order chi connectivity index (χ0) is 18.8. The summed E-state index contributed by atoms with van der Waals surface area (Å²) in [6.45, 7) is 3.72. The third-order valence-corrected chi connectivity index (χ3v) is 4.13. The normalized spacial score (nSPS) is 11.1. The second-order valence-corrected chi connectivity index (χ2v) is 6.45. The molecule has 27 heavy (non-hydrogen) atoms. The number of aromatic nitrogens is 5. The number of pyridine rings is 1. The van der Waals surface area contributed by atoms with Crippen LogP contribution in [-0.2, 0) is 4.79 Å². The number of nitrogens with one attached hydrogen (secondary N) is 1. The number of hydrogen-bond acceptors (Lipinski definition) is 5. The molecule has 0 spiro atoms. The number of carbonyl (C=O) groups is 1. The first kappa shape index (κ1) is 16.8. The van der Waals surface area contributed by atoms with Gasteiger partial charge in [0.2, 0.25) is 11.7 Å². The fourth-order valence-electron chi connectivity index (χ4n) is 2.61. The van der Waals surface area contributed by atoms with Crippen molar-refractivity contribution >= 4 is 17.2 Å². The Labute approximate surface area is 156 Å². The van der Waals surface area contributed by atoms with Crippen molar-refractivity contribution in [2.75, 3.05) is 5.32 Å². The Balaban J connectivity index is 1.67. The molecule has 0 atom stereocenters. The Hall–Kier alpha value is -3.61. The van der Waals surface area contributed by atoms with E-state index in [1.807, 2.05) is 68.4 Å². The van der Waals surface area contributed by atoms with Crippen LogP contribution in [0.5, 0.6) is 0 Å². The fourth-order valence-corrected chi connectivity index (χ4v) is 2.61. The molecule has 0 aliphatic heterocycles. The molecule has 0 saturated heterocycles. The monoisotopic (exact) mass is 358 g/mol. The Morgan fingerprint density at radius 3 is 2.48 bits per heavy atom. The van der Waals surface area contributed by atoms with E-state index in [0.29, 0.717) is 17.2 Å². The van der Waals surface area contributed by atoms with E-state index in [4.69, 9.17) is 0 Å². The van der Waals surface area contributed by atoms with Gasteiger partial charge in [-0.3, -0.25) is 9.78 Å². The number of amides is 1. The van der Waals surface area contributed by atoms with Crippen LogP contribution < -0.4 is 5.32 Å². The van der Waals surface area contributed by atoms with Gasteiger partial charge in [-0.2, -0.15) is 9.61 Å². The van der Waals surface area contributed by atoms with E-state index < -0.39 is 0 Å². The molecule has 3 aromatic heterocycles. The molecule has 0 aliphatic carbocycles. The van der Waals surface area contributed by atoms with Gasteiger partial charge in [0.25, 0.3) is 0 Å². The Morgan fingerprint density at radius 2 is 1.78 bits per heavy atom. The molecule has 1 amide bonds. The number of carbonyl (C=O) groups excluding carboxylic acids is 1. The molecule has 0 radical (unpaired) electrons. The Morgan fingerprint density at radius 1 is 0.963 bits per heavy atom. The van der Waals surface area contributed by atoms with Crippen molar-refractivity contribution in [2.24, 2.45) is 5.92 Å². The number of nitrogens with zero attached hydrogens (tertiary/aromatic N) is 5. The van der Waals surface area contributed by atoms with Crippen LogP contribution in [0.15, 0.2) is 60.8 Å². The summed E-state index contributed by atoms with van der Waals surface area (Å²) >= 11 is 0. The predicted molar refractivity (Wildman–Crippen MR) is 103 cm³/mol. The van der Waals surface area contributed by atoms with Crippen molar-refractivity contribution < 1.29 is 4.79 Å². The smallest absolute Gasteiger partial charge is 0.226 e. The van der Waals surface area contributed by atoms with E-state index in [1.165, 1.54) is 0 Å². The van der Waals surface area contributed by atoms with Gasteiger partial charge in [-0.15, -0.1) is 10.2 Å². The minimum absolute atomic E-state index is 0.00760. The third kappa shape index (κ3) is 3.39. The standard InChI is InChI=1S/C20H18N6O/c1-13(2)20(27)22-15-8-6-14(7-9-15)16-10-11-18-23-24-19(26(18)25-16)17-5-3-4-12-21-17/h3-13H,1-2H3,(H,22,27). The number of anilines is 1. The summed E-state index contributed by atoms with van der Waals surface area (Å²) in [5, 5.41) is 15.9. The lowest BCUT2D eigenvalue weighted by Gasteiger charge is -2.08. The minimum atomic E-state index is -0.0625. The molecule has 0 saturated carbocycles. The molecule has 0 bridgehead atoms. The van der Waals surface area contributed by atoms with Crippen LogP contribution in [0.3, 0.4) is 0 Å². The van der Waals surface area contributed by atoms with Crippen molar-refractivity contribution in [1.82, 2.24) is 24.8 Å². The molecule has 134 valence electrons. The summed E-state index contributed by atoms with van der Waals surface area (Å²) in [6, 6.07) is 17.0. The van der Waals surface area contributed by atoms with Gasteiger partial charge in [0.05, 0.1) is 5.69 Å². The molecule has 7 heteroatoms. The van der Waals surface area contributed by atoms with Crippen molar-refractivity contribution in [2.45, 2.75) is 13.8 Å². The van der Waals surface area contributed by atoms with E-state index >= 15 is 0 Å². The molecule has 0 aliphatic rings. The van der Waals surface area contributed by atoms with Crippen LogP contribution in [-0.4, -0.2) is 30.7 Å². The highest BCUT2D eigenvalue weighted by molar-refractivity contribution is 5.92. The number of hydrogen-bond donors (Lipinski definition) is 1. The maximum atomic E-state index is 11.8. The number of fused-ring (bicyclic) bond motifs is 1. The second-order valence-electron chi connectivity index (χ2n) is 6.45. The van der Waals surface area contributed by atoms with Crippen LogP contribution >= 0.6 is 0 Å². The average molecular weight is 358 g/mol. The fraction of sp³-hybridized carbons (Fsp3) is 0.150. The Kier molecular flexibility index (Phi) is 4.33. The van der Waals surface area contributed by atoms with Gasteiger partial charge in [0.15, 0.2) is 5.65 Å². The van der Waals surface area contributed by atoms with E-state index in [2.05, 4.69) is 25.6 Å². The van der Waals surface area contributed by atoms with Crippen molar-refractivity contribution in [3.8, 4) is 22.8 Å². The van der Waals surface area contributed by atoms with Crippen LogP contribution in [0.4, 0.5) is 5.69 Å². The lowest BCUT2D eigenvalue weighted by atomic mass is 10.1. The zero-order valence-electron chi connectivity index (χ0n) is 15.0. The summed E-state index contributed by atoms with van der Waals surface area (Å²) < 4.78 is 1.69. The third-order valence-electron chi connectivity index (χ3n) is 4.13. The highest BCUT2D eigenvalue weighted by Gasteiger charge is 2.12. The van der Waals surface area contributed by atoms with Crippen LogP contribution in [0.25, 0.3) is 28.4 Å². The van der Waals surface area contributed by atoms with E-state index in [9.17, 15) is 4.79 Å². The van der Waals surface area contributed by atoms with E-state index in [1.54, 1.807) is 10.7 Å². The van der Waals surface area contributed by atoms with Gasteiger partial charge in [0, 0.05) is 23.4 Å². The van der Waals surface area contributed by atoms with Crippen LogP contribution in [0, 0.1) is 5.92 Å². The van der Waals surface area contributed by atoms with E-state index in [0.717, 1.165) is 16.9 Å². The minimum Gasteiger partial charge on any atom is -0.326 e. The van der Waals surface area contributed by atoms with Gasteiger partial charge >= 0.3 is 0 Å².